The van der Waals surface area contributed by atoms with Gasteiger partial charge in [0.25, 0.3) is 0 Å². The quantitative estimate of drug-likeness (QED) is 0.744. The van der Waals surface area contributed by atoms with Gasteiger partial charge in [0.05, 0.1) is 6.26 Å². The summed E-state index contributed by atoms with van der Waals surface area (Å²) in [6.45, 7) is 6.09. The highest BCUT2D eigenvalue weighted by molar-refractivity contribution is 6.30. The Bertz CT molecular complexity index is 469. The predicted octanol–water partition coefficient (Wildman–Crippen LogP) is 3.82. The second kappa shape index (κ2) is 4.26. The van der Waals surface area contributed by atoms with Crippen molar-refractivity contribution in [1.29, 1.82) is 0 Å². The van der Waals surface area contributed by atoms with E-state index in [0.717, 1.165) is 11.3 Å². The van der Waals surface area contributed by atoms with Gasteiger partial charge in [0.2, 0.25) is 0 Å². The highest BCUT2D eigenvalue weighted by atomic mass is 35.5. The smallest absolute Gasteiger partial charge is 0.197 e. The van der Waals surface area contributed by atoms with Gasteiger partial charge in [-0.2, -0.15) is 0 Å². The van der Waals surface area contributed by atoms with Gasteiger partial charge < -0.3 is 4.42 Å². The lowest BCUT2D eigenvalue weighted by Crippen LogP contribution is -2.01. The van der Waals surface area contributed by atoms with Crippen LogP contribution < -0.4 is 0 Å². The molecule has 0 aliphatic rings. The summed E-state index contributed by atoms with van der Waals surface area (Å²) in [5.74, 6) is 1.50. The van der Waals surface area contributed by atoms with Crippen LogP contribution in [0.5, 0.6) is 0 Å². The molecule has 2 aromatic heterocycles. The van der Waals surface area contributed by atoms with Gasteiger partial charge in [-0.3, -0.25) is 0 Å². The third-order valence-corrected chi connectivity index (χ3v) is 2.70. The van der Waals surface area contributed by atoms with Crippen LogP contribution in [0.1, 0.15) is 31.0 Å². The maximum Gasteiger partial charge on any atom is 0.197 e. The van der Waals surface area contributed by atoms with E-state index in [1.165, 1.54) is 0 Å². The molecule has 0 saturated heterocycles. The molecule has 2 heterocycles. The predicted molar refractivity (Wildman–Crippen MR) is 63.6 cm³/mol. The van der Waals surface area contributed by atoms with Crippen LogP contribution in [0.2, 0.25) is 5.15 Å². The van der Waals surface area contributed by atoms with Gasteiger partial charge in [0, 0.05) is 11.3 Å². The molecule has 0 aliphatic heterocycles. The van der Waals surface area contributed by atoms with Gasteiger partial charge >= 0.3 is 0 Å². The lowest BCUT2D eigenvalue weighted by atomic mass is 10.0. The van der Waals surface area contributed by atoms with Gasteiger partial charge in [0.15, 0.2) is 11.6 Å². The average Bonchev–Trinajstić information content (AvgIpc) is 2.67. The minimum absolute atomic E-state index is 0.318. The van der Waals surface area contributed by atoms with Crippen molar-refractivity contribution in [2.75, 3.05) is 0 Å². The van der Waals surface area contributed by atoms with E-state index in [1.54, 1.807) is 12.3 Å². The second-order valence-electron chi connectivity index (χ2n) is 3.97. The standard InChI is InChI=1S/C12H13ClN2O/c1-7(2)10-8(3)14-12(15-11(10)13)9-5-4-6-16-9/h4-7H,1-3H3. The zero-order valence-electron chi connectivity index (χ0n) is 9.49. The summed E-state index contributed by atoms with van der Waals surface area (Å²) in [4.78, 5) is 8.67. The number of aryl methyl sites for hydroxylation is 1. The van der Waals surface area contributed by atoms with Gasteiger partial charge in [-0.15, -0.1) is 0 Å². The zero-order chi connectivity index (χ0) is 11.7. The molecule has 3 nitrogen and oxygen atoms in total. The van der Waals surface area contributed by atoms with Crippen LogP contribution in [0.25, 0.3) is 11.6 Å². The third-order valence-electron chi connectivity index (χ3n) is 2.41. The maximum atomic E-state index is 6.15. The Morgan fingerprint density at radius 3 is 2.56 bits per heavy atom. The lowest BCUT2D eigenvalue weighted by molar-refractivity contribution is 0.576. The van der Waals surface area contributed by atoms with Gasteiger partial charge in [-0.1, -0.05) is 25.4 Å². The summed E-state index contributed by atoms with van der Waals surface area (Å²) in [5.41, 5.74) is 1.90. The van der Waals surface area contributed by atoms with E-state index in [1.807, 2.05) is 13.0 Å². The third kappa shape index (κ3) is 1.95. The Morgan fingerprint density at radius 1 is 1.31 bits per heavy atom. The first-order valence-corrected chi connectivity index (χ1v) is 5.55. The fourth-order valence-electron chi connectivity index (χ4n) is 1.72. The molecule has 2 rings (SSSR count). The van der Waals surface area contributed by atoms with E-state index in [2.05, 4.69) is 23.8 Å². The largest absolute Gasteiger partial charge is 0.461 e. The van der Waals surface area contributed by atoms with Gasteiger partial charge in [-0.25, -0.2) is 9.97 Å². The maximum absolute atomic E-state index is 6.15. The van der Waals surface area contributed by atoms with E-state index >= 15 is 0 Å². The van der Waals surface area contributed by atoms with Crippen LogP contribution in [0, 0.1) is 6.92 Å². The summed E-state index contributed by atoms with van der Waals surface area (Å²) in [6.07, 6.45) is 1.60. The molecule has 0 atom stereocenters. The van der Waals surface area contributed by atoms with Crippen molar-refractivity contribution >= 4 is 11.6 Å². The molecule has 0 aromatic carbocycles. The number of nitrogens with zero attached hydrogens (tertiary/aromatic N) is 2. The van der Waals surface area contributed by atoms with Crippen molar-refractivity contribution < 1.29 is 4.42 Å². The van der Waals surface area contributed by atoms with Crippen LogP contribution in [0.15, 0.2) is 22.8 Å². The molecule has 16 heavy (non-hydrogen) atoms. The highest BCUT2D eigenvalue weighted by Gasteiger charge is 2.14. The van der Waals surface area contributed by atoms with Gasteiger partial charge in [0.1, 0.15) is 5.15 Å². The first-order valence-electron chi connectivity index (χ1n) is 5.17. The van der Waals surface area contributed by atoms with Crippen molar-refractivity contribution in [2.45, 2.75) is 26.7 Å². The molecule has 0 amide bonds. The van der Waals surface area contributed by atoms with Crippen LogP contribution >= 0.6 is 11.6 Å². The Balaban J connectivity index is 2.53. The lowest BCUT2D eigenvalue weighted by Gasteiger charge is -2.11. The van der Waals surface area contributed by atoms with Crippen LogP contribution in [-0.2, 0) is 0 Å². The average molecular weight is 237 g/mol. The number of furan rings is 1. The Morgan fingerprint density at radius 2 is 2.06 bits per heavy atom. The van der Waals surface area contributed by atoms with E-state index < -0.39 is 0 Å². The van der Waals surface area contributed by atoms with Crippen LogP contribution in [0.4, 0.5) is 0 Å². The Hall–Kier alpha value is -1.35. The van der Waals surface area contributed by atoms with Crippen molar-refractivity contribution in [3.05, 3.63) is 34.8 Å². The molecular weight excluding hydrogens is 224 g/mol. The van der Waals surface area contributed by atoms with E-state index in [0.29, 0.717) is 22.7 Å². The first-order chi connectivity index (χ1) is 7.59. The first kappa shape index (κ1) is 11.1. The fourth-order valence-corrected chi connectivity index (χ4v) is 2.15. The summed E-state index contributed by atoms with van der Waals surface area (Å²) < 4.78 is 5.25. The molecule has 84 valence electrons. The van der Waals surface area contributed by atoms with E-state index in [9.17, 15) is 0 Å². The zero-order valence-corrected chi connectivity index (χ0v) is 10.2. The molecule has 2 aromatic rings. The SMILES string of the molecule is Cc1nc(-c2ccco2)nc(Cl)c1C(C)C. The summed E-state index contributed by atoms with van der Waals surface area (Å²) in [6, 6.07) is 3.62. The molecule has 0 radical (unpaired) electrons. The van der Waals surface area contributed by atoms with Crippen LogP contribution in [0.3, 0.4) is 0 Å². The number of hydrogen-bond donors (Lipinski definition) is 0. The molecule has 0 saturated carbocycles. The van der Waals surface area contributed by atoms with Gasteiger partial charge in [-0.05, 0) is 25.0 Å². The van der Waals surface area contributed by atoms with E-state index in [4.69, 9.17) is 16.0 Å². The Labute approximate surface area is 99.5 Å². The number of aromatic nitrogens is 2. The molecule has 0 spiro atoms. The topological polar surface area (TPSA) is 38.9 Å². The summed E-state index contributed by atoms with van der Waals surface area (Å²) in [7, 11) is 0. The molecule has 0 bridgehead atoms. The normalized spacial score (nSPS) is 11.1. The number of hydrogen-bond acceptors (Lipinski definition) is 3. The van der Waals surface area contributed by atoms with Crippen molar-refractivity contribution in [2.24, 2.45) is 0 Å². The Kier molecular flexibility index (Phi) is 2.97. The van der Waals surface area contributed by atoms with E-state index in [-0.39, 0.29) is 0 Å². The highest BCUT2D eigenvalue weighted by Crippen LogP contribution is 2.27. The molecule has 0 aliphatic carbocycles. The molecule has 0 unspecified atom stereocenters. The fraction of sp³-hybridized carbons (Fsp3) is 0.333. The molecule has 0 fully saturated rings. The second-order valence-corrected chi connectivity index (χ2v) is 4.33. The summed E-state index contributed by atoms with van der Waals surface area (Å²) in [5, 5.41) is 0.508. The van der Waals surface area contributed by atoms with Crippen molar-refractivity contribution in [1.82, 2.24) is 9.97 Å². The monoisotopic (exact) mass is 236 g/mol. The minimum atomic E-state index is 0.318. The molecular formula is C12H13ClN2O. The molecule has 0 N–H and O–H groups in total. The molecule has 4 heteroatoms. The van der Waals surface area contributed by atoms with Crippen LogP contribution in [-0.4, -0.2) is 9.97 Å². The van der Waals surface area contributed by atoms with Crippen molar-refractivity contribution in [3.63, 3.8) is 0 Å². The number of rotatable bonds is 2. The summed E-state index contributed by atoms with van der Waals surface area (Å²) >= 11 is 6.15. The number of halogens is 1. The minimum Gasteiger partial charge on any atom is -0.461 e. The van der Waals surface area contributed by atoms with Crippen molar-refractivity contribution in [3.8, 4) is 11.6 Å².